The zero-order valence-electron chi connectivity index (χ0n) is 10.2. The molecule has 2 aliphatic rings. The third kappa shape index (κ3) is 3.13. The average Bonchev–Trinajstić information content (AvgIpc) is 2.70. The maximum absolute atomic E-state index is 5.99. The molecule has 0 saturated carbocycles. The summed E-state index contributed by atoms with van der Waals surface area (Å²) in [5, 5.41) is 0. The van der Waals surface area contributed by atoms with Gasteiger partial charge >= 0.3 is 0 Å². The van der Waals surface area contributed by atoms with Gasteiger partial charge in [-0.3, -0.25) is 4.90 Å². The van der Waals surface area contributed by atoms with Crippen molar-refractivity contribution >= 4 is 11.8 Å². The molecule has 4 heteroatoms. The second-order valence-corrected chi connectivity index (χ2v) is 6.11. The van der Waals surface area contributed by atoms with E-state index in [1.165, 1.54) is 17.9 Å². The van der Waals surface area contributed by atoms with Crippen LogP contribution in [0.3, 0.4) is 0 Å². The second-order valence-electron chi connectivity index (χ2n) is 4.96. The van der Waals surface area contributed by atoms with E-state index >= 15 is 0 Å². The molecule has 2 heterocycles. The summed E-state index contributed by atoms with van der Waals surface area (Å²) in [5.41, 5.74) is 5.99. The summed E-state index contributed by atoms with van der Waals surface area (Å²) in [4.78, 5) is 2.58. The molecule has 0 aromatic carbocycles. The molecule has 0 aliphatic carbocycles. The topological polar surface area (TPSA) is 38.5 Å². The number of nitrogens with two attached hydrogens (primary N) is 1. The number of hydrogen-bond acceptors (Lipinski definition) is 4. The smallest absolute Gasteiger partial charge is 0.0674 e. The molecule has 0 bridgehead atoms. The molecule has 0 radical (unpaired) electrons. The van der Waals surface area contributed by atoms with Crippen LogP contribution in [-0.2, 0) is 4.74 Å². The summed E-state index contributed by atoms with van der Waals surface area (Å²) in [6, 6.07) is 0.583. The van der Waals surface area contributed by atoms with Crippen molar-refractivity contribution in [2.24, 2.45) is 11.7 Å². The summed E-state index contributed by atoms with van der Waals surface area (Å²) in [6.07, 6.45) is 2.87. The molecule has 2 fully saturated rings. The van der Waals surface area contributed by atoms with Crippen LogP contribution in [-0.4, -0.2) is 54.8 Å². The molecule has 2 rings (SSSR count). The van der Waals surface area contributed by atoms with Crippen molar-refractivity contribution in [2.75, 3.05) is 37.7 Å². The molecule has 94 valence electrons. The predicted octanol–water partition coefficient (Wildman–Crippen LogP) is 1.18. The van der Waals surface area contributed by atoms with Crippen LogP contribution >= 0.6 is 11.8 Å². The van der Waals surface area contributed by atoms with E-state index in [0.717, 1.165) is 38.6 Å². The number of rotatable bonds is 3. The summed E-state index contributed by atoms with van der Waals surface area (Å²) in [5.74, 6) is 3.43. The average molecular weight is 244 g/mol. The van der Waals surface area contributed by atoms with Crippen LogP contribution in [0.15, 0.2) is 0 Å². The van der Waals surface area contributed by atoms with Gasteiger partial charge in [-0.15, -0.1) is 0 Å². The van der Waals surface area contributed by atoms with E-state index in [0.29, 0.717) is 12.1 Å². The molecule has 16 heavy (non-hydrogen) atoms. The SMILES string of the molecule is CC1CN(C(CN)C2CCSC2)CCCO1. The van der Waals surface area contributed by atoms with E-state index in [2.05, 4.69) is 23.6 Å². The van der Waals surface area contributed by atoms with Gasteiger partial charge in [0.1, 0.15) is 0 Å². The Hall–Kier alpha value is 0.230. The Morgan fingerprint density at radius 2 is 2.44 bits per heavy atom. The molecular formula is C12H24N2OS. The first kappa shape index (κ1) is 12.7. The summed E-state index contributed by atoms with van der Waals surface area (Å²) >= 11 is 2.08. The summed E-state index contributed by atoms with van der Waals surface area (Å²) < 4.78 is 5.70. The van der Waals surface area contributed by atoms with Gasteiger partial charge in [-0.2, -0.15) is 11.8 Å². The Morgan fingerprint density at radius 3 is 3.12 bits per heavy atom. The van der Waals surface area contributed by atoms with Crippen LogP contribution in [0.5, 0.6) is 0 Å². The Kier molecular flexibility index (Phi) is 4.95. The lowest BCUT2D eigenvalue weighted by atomic mass is 9.97. The van der Waals surface area contributed by atoms with E-state index < -0.39 is 0 Å². The molecule has 0 aromatic heterocycles. The van der Waals surface area contributed by atoms with Crippen molar-refractivity contribution < 1.29 is 4.74 Å². The van der Waals surface area contributed by atoms with Gasteiger partial charge in [0.15, 0.2) is 0 Å². The lowest BCUT2D eigenvalue weighted by Gasteiger charge is -2.34. The van der Waals surface area contributed by atoms with Crippen molar-refractivity contribution in [1.82, 2.24) is 4.90 Å². The normalized spacial score (nSPS) is 34.9. The highest BCUT2D eigenvalue weighted by molar-refractivity contribution is 7.99. The van der Waals surface area contributed by atoms with Crippen molar-refractivity contribution in [3.63, 3.8) is 0 Å². The highest BCUT2D eigenvalue weighted by Crippen LogP contribution is 2.29. The van der Waals surface area contributed by atoms with Gasteiger partial charge in [0.25, 0.3) is 0 Å². The Morgan fingerprint density at radius 1 is 1.56 bits per heavy atom. The number of nitrogens with zero attached hydrogens (tertiary/aromatic N) is 1. The highest BCUT2D eigenvalue weighted by atomic mass is 32.2. The van der Waals surface area contributed by atoms with E-state index in [4.69, 9.17) is 10.5 Å². The molecule has 3 atom stereocenters. The Labute approximate surface area is 103 Å². The molecule has 3 nitrogen and oxygen atoms in total. The van der Waals surface area contributed by atoms with E-state index in [1.807, 2.05) is 0 Å². The predicted molar refractivity (Wildman–Crippen MR) is 69.9 cm³/mol. The van der Waals surface area contributed by atoms with Crippen LogP contribution in [0.1, 0.15) is 19.8 Å². The fraction of sp³-hybridized carbons (Fsp3) is 1.00. The van der Waals surface area contributed by atoms with Gasteiger partial charge in [-0.25, -0.2) is 0 Å². The standard InChI is InChI=1S/C12H24N2OS/c1-10-8-14(4-2-5-15-10)12(7-13)11-3-6-16-9-11/h10-12H,2-9,13H2,1H3. The van der Waals surface area contributed by atoms with Crippen LogP contribution in [0.2, 0.25) is 0 Å². The monoisotopic (exact) mass is 244 g/mol. The minimum Gasteiger partial charge on any atom is -0.377 e. The van der Waals surface area contributed by atoms with Crippen molar-refractivity contribution in [2.45, 2.75) is 31.9 Å². The van der Waals surface area contributed by atoms with Gasteiger partial charge in [0, 0.05) is 32.3 Å². The Balaban J connectivity index is 1.95. The maximum atomic E-state index is 5.99. The lowest BCUT2D eigenvalue weighted by Crippen LogP contribution is -2.48. The van der Waals surface area contributed by atoms with Gasteiger partial charge in [0.2, 0.25) is 0 Å². The molecule has 0 aromatic rings. The number of ether oxygens (including phenoxy) is 1. The van der Waals surface area contributed by atoms with Crippen LogP contribution in [0.25, 0.3) is 0 Å². The number of thioether (sulfide) groups is 1. The quantitative estimate of drug-likeness (QED) is 0.809. The first-order valence-corrected chi connectivity index (χ1v) is 7.60. The van der Waals surface area contributed by atoms with E-state index in [-0.39, 0.29) is 0 Å². The van der Waals surface area contributed by atoms with E-state index in [9.17, 15) is 0 Å². The second kappa shape index (κ2) is 6.24. The lowest BCUT2D eigenvalue weighted by molar-refractivity contribution is 0.0558. The zero-order valence-corrected chi connectivity index (χ0v) is 11.0. The van der Waals surface area contributed by atoms with Crippen LogP contribution in [0.4, 0.5) is 0 Å². The summed E-state index contributed by atoms with van der Waals surface area (Å²) in [7, 11) is 0. The maximum Gasteiger partial charge on any atom is 0.0674 e. The van der Waals surface area contributed by atoms with Crippen LogP contribution < -0.4 is 5.73 Å². The fourth-order valence-corrected chi connectivity index (χ4v) is 4.15. The first-order valence-electron chi connectivity index (χ1n) is 6.44. The van der Waals surface area contributed by atoms with Gasteiger partial charge in [0.05, 0.1) is 6.10 Å². The zero-order chi connectivity index (χ0) is 11.4. The Bertz CT molecular complexity index is 209. The number of hydrogen-bond donors (Lipinski definition) is 1. The third-order valence-electron chi connectivity index (χ3n) is 3.70. The van der Waals surface area contributed by atoms with E-state index in [1.54, 1.807) is 0 Å². The molecule has 0 amide bonds. The highest BCUT2D eigenvalue weighted by Gasteiger charge is 2.30. The minimum atomic E-state index is 0.366. The largest absolute Gasteiger partial charge is 0.377 e. The first-order chi connectivity index (χ1) is 7.81. The van der Waals surface area contributed by atoms with Gasteiger partial charge in [-0.1, -0.05) is 0 Å². The molecule has 2 N–H and O–H groups in total. The fourth-order valence-electron chi connectivity index (χ4n) is 2.82. The molecule has 2 saturated heterocycles. The van der Waals surface area contributed by atoms with Crippen molar-refractivity contribution in [1.29, 1.82) is 0 Å². The van der Waals surface area contributed by atoms with Crippen LogP contribution in [0, 0.1) is 5.92 Å². The van der Waals surface area contributed by atoms with Gasteiger partial charge < -0.3 is 10.5 Å². The molecule has 2 aliphatic heterocycles. The summed E-state index contributed by atoms with van der Waals surface area (Å²) in [6.45, 7) is 6.11. The molecule has 0 spiro atoms. The molecule has 3 unspecified atom stereocenters. The van der Waals surface area contributed by atoms with Gasteiger partial charge in [-0.05, 0) is 37.2 Å². The minimum absolute atomic E-state index is 0.366. The van der Waals surface area contributed by atoms with Crippen molar-refractivity contribution in [3.05, 3.63) is 0 Å². The van der Waals surface area contributed by atoms with Crippen molar-refractivity contribution in [3.8, 4) is 0 Å². The third-order valence-corrected chi connectivity index (χ3v) is 4.89. The molecular weight excluding hydrogens is 220 g/mol.